The number of rotatable bonds is 8. The van der Waals surface area contributed by atoms with Gasteiger partial charge >= 0.3 is 0 Å². The number of nitrogens with zero attached hydrogens (tertiary/aromatic N) is 3. The average Bonchev–Trinajstić information content (AvgIpc) is 3.13. The number of hydrogen-bond donors (Lipinski definition) is 1. The van der Waals surface area contributed by atoms with E-state index in [4.69, 9.17) is 14.8 Å². The first-order valence-electron chi connectivity index (χ1n) is 11.2. The lowest BCUT2D eigenvalue weighted by Crippen LogP contribution is -2.26. The third-order valence-corrected chi connectivity index (χ3v) is 5.65. The number of carbonyl (C=O) groups excluding carboxylic acids is 1. The minimum Gasteiger partial charge on any atom is -0.491 e. The molecule has 2 aromatic carbocycles. The van der Waals surface area contributed by atoms with Crippen LogP contribution in [0.3, 0.4) is 0 Å². The van der Waals surface area contributed by atoms with Crippen molar-refractivity contribution in [2.75, 3.05) is 6.54 Å². The predicted octanol–water partition coefficient (Wildman–Crippen LogP) is 4.58. The van der Waals surface area contributed by atoms with Crippen molar-refractivity contribution in [3.05, 3.63) is 71.0 Å². The van der Waals surface area contributed by atoms with Crippen LogP contribution < -0.4 is 10.1 Å². The Hall–Kier alpha value is -3.41. The summed E-state index contributed by atoms with van der Waals surface area (Å²) < 4.78 is 7.57. The van der Waals surface area contributed by atoms with Gasteiger partial charge in [-0.3, -0.25) is 4.79 Å². The summed E-state index contributed by atoms with van der Waals surface area (Å²) in [6.45, 7) is 8.69. The first-order valence-corrected chi connectivity index (χ1v) is 11.2. The molecule has 0 bridgehead atoms. The number of amides is 1. The van der Waals surface area contributed by atoms with Crippen LogP contribution in [-0.4, -0.2) is 33.2 Å². The van der Waals surface area contributed by atoms with Crippen molar-refractivity contribution in [3.8, 4) is 5.75 Å². The van der Waals surface area contributed by atoms with E-state index in [0.717, 1.165) is 45.7 Å². The first kappa shape index (κ1) is 21.8. The number of aryl methyl sites for hydroxylation is 2. The van der Waals surface area contributed by atoms with Crippen molar-refractivity contribution < 1.29 is 9.53 Å². The zero-order chi connectivity index (χ0) is 22.7. The molecular formula is C26H30N4O2. The highest BCUT2D eigenvalue weighted by molar-refractivity contribution is 5.92. The molecule has 2 heterocycles. The van der Waals surface area contributed by atoms with Crippen LogP contribution >= 0.6 is 0 Å². The van der Waals surface area contributed by atoms with E-state index in [1.54, 1.807) is 0 Å². The van der Waals surface area contributed by atoms with E-state index < -0.39 is 0 Å². The van der Waals surface area contributed by atoms with Crippen molar-refractivity contribution in [1.29, 1.82) is 0 Å². The number of fused-ring (bicyclic) bond motifs is 3. The Morgan fingerprint density at radius 1 is 1.06 bits per heavy atom. The van der Waals surface area contributed by atoms with Gasteiger partial charge in [0.2, 0.25) is 5.91 Å². The molecule has 0 radical (unpaired) electrons. The number of aromatic nitrogens is 3. The smallest absolute Gasteiger partial charge is 0.220 e. The Morgan fingerprint density at radius 3 is 2.56 bits per heavy atom. The van der Waals surface area contributed by atoms with Gasteiger partial charge < -0.3 is 10.1 Å². The fourth-order valence-electron chi connectivity index (χ4n) is 4.02. The monoisotopic (exact) mass is 430 g/mol. The van der Waals surface area contributed by atoms with Crippen LogP contribution in [0.4, 0.5) is 0 Å². The SMILES string of the molecule is Cc1nc2c3ccccc3nn2c(C)c1CCC(=O)NCCc1ccc(OC(C)C)cc1. The summed E-state index contributed by atoms with van der Waals surface area (Å²) in [6.07, 6.45) is 2.02. The molecule has 4 rings (SSSR count). The van der Waals surface area contributed by atoms with Crippen molar-refractivity contribution in [2.24, 2.45) is 0 Å². The van der Waals surface area contributed by atoms with Crippen LogP contribution in [0.2, 0.25) is 0 Å². The summed E-state index contributed by atoms with van der Waals surface area (Å²) in [4.78, 5) is 17.2. The van der Waals surface area contributed by atoms with Gasteiger partial charge in [-0.15, -0.1) is 0 Å². The summed E-state index contributed by atoms with van der Waals surface area (Å²) in [6, 6.07) is 16.1. The van der Waals surface area contributed by atoms with Gasteiger partial charge in [0.05, 0.1) is 11.6 Å². The number of nitrogens with one attached hydrogen (secondary N) is 1. The number of hydrogen-bond acceptors (Lipinski definition) is 4. The van der Waals surface area contributed by atoms with Gasteiger partial charge in [0, 0.05) is 29.7 Å². The summed E-state index contributed by atoms with van der Waals surface area (Å²) in [5.41, 5.74) is 6.06. The molecule has 0 unspecified atom stereocenters. The number of ether oxygens (including phenoxy) is 1. The standard InChI is InChI=1S/C26H30N4O2/c1-17(2)32-21-11-9-20(10-12-21)15-16-27-25(31)14-13-22-18(3)28-26-23-7-5-6-8-24(23)29-30(26)19(22)4/h5-12,17H,13-16H2,1-4H3,(H,27,31). The third kappa shape index (κ3) is 4.74. The lowest BCUT2D eigenvalue weighted by atomic mass is 10.1. The van der Waals surface area contributed by atoms with Crippen molar-refractivity contribution >= 4 is 22.5 Å². The quantitative estimate of drug-likeness (QED) is 0.444. The Balaban J connectivity index is 1.34. The highest BCUT2D eigenvalue weighted by Crippen LogP contribution is 2.23. The molecule has 0 spiro atoms. The lowest BCUT2D eigenvalue weighted by molar-refractivity contribution is -0.121. The summed E-state index contributed by atoms with van der Waals surface area (Å²) in [5, 5.41) is 8.77. The van der Waals surface area contributed by atoms with Gasteiger partial charge in [-0.1, -0.05) is 24.3 Å². The molecule has 2 aromatic heterocycles. The molecule has 4 aromatic rings. The number of benzene rings is 2. The van der Waals surface area contributed by atoms with Gasteiger partial charge in [-0.05, 0) is 75.9 Å². The zero-order valence-corrected chi connectivity index (χ0v) is 19.2. The maximum atomic E-state index is 12.4. The Kier molecular flexibility index (Phi) is 6.40. The highest BCUT2D eigenvalue weighted by atomic mass is 16.5. The van der Waals surface area contributed by atoms with Crippen molar-refractivity contribution in [1.82, 2.24) is 19.9 Å². The molecule has 0 saturated carbocycles. The van der Waals surface area contributed by atoms with Gasteiger partial charge in [-0.2, -0.15) is 5.10 Å². The Labute approximate surface area is 188 Å². The molecule has 0 aliphatic rings. The second-order valence-corrected chi connectivity index (χ2v) is 8.42. The Bertz CT molecular complexity index is 1240. The maximum absolute atomic E-state index is 12.4. The van der Waals surface area contributed by atoms with Crippen LogP contribution in [0.25, 0.3) is 16.6 Å². The van der Waals surface area contributed by atoms with Gasteiger partial charge in [-0.25, -0.2) is 9.50 Å². The third-order valence-electron chi connectivity index (χ3n) is 5.65. The topological polar surface area (TPSA) is 68.5 Å². The van der Waals surface area contributed by atoms with Crippen LogP contribution in [0.15, 0.2) is 48.5 Å². The molecule has 1 amide bonds. The molecule has 1 N–H and O–H groups in total. The molecule has 166 valence electrons. The predicted molar refractivity (Wildman–Crippen MR) is 127 cm³/mol. The molecular weight excluding hydrogens is 400 g/mol. The van der Waals surface area contributed by atoms with Crippen molar-refractivity contribution in [3.63, 3.8) is 0 Å². The second kappa shape index (κ2) is 9.39. The molecule has 0 saturated heterocycles. The van der Waals surface area contributed by atoms with Crippen LogP contribution in [0.5, 0.6) is 5.75 Å². The molecule has 32 heavy (non-hydrogen) atoms. The van der Waals surface area contributed by atoms with E-state index in [9.17, 15) is 4.79 Å². The van der Waals surface area contributed by atoms with Gasteiger partial charge in [0.1, 0.15) is 5.75 Å². The summed E-state index contributed by atoms with van der Waals surface area (Å²) in [7, 11) is 0. The maximum Gasteiger partial charge on any atom is 0.220 e. The van der Waals surface area contributed by atoms with Crippen molar-refractivity contribution in [2.45, 2.75) is 53.1 Å². The van der Waals surface area contributed by atoms with Gasteiger partial charge in [0.15, 0.2) is 5.65 Å². The molecule has 0 atom stereocenters. The summed E-state index contributed by atoms with van der Waals surface area (Å²) >= 11 is 0. The first-order chi connectivity index (χ1) is 15.4. The molecule has 0 fully saturated rings. The average molecular weight is 431 g/mol. The zero-order valence-electron chi connectivity index (χ0n) is 19.2. The van der Waals surface area contributed by atoms with E-state index in [0.29, 0.717) is 19.4 Å². The fourth-order valence-corrected chi connectivity index (χ4v) is 4.02. The minimum atomic E-state index is 0.0503. The fraction of sp³-hybridized carbons (Fsp3) is 0.346. The number of carbonyl (C=O) groups is 1. The second-order valence-electron chi connectivity index (χ2n) is 8.42. The molecule has 0 aliphatic carbocycles. The highest BCUT2D eigenvalue weighted by Gasteiger charge is 2.14. The van der Waals surface area contributed by atoms with E-state index in [-0.39, 0.29) is 12.0 Å². The largest absolute Gasteiger partial charge is 0.491 e. The van der Waals surface area contributed by atoms with Crippen LogP contribution in [0.1, 0.15) is 42.8 Å². The minimum absolute atomic E-state index is 0.0503. The van der Waals surface area contributed by atoms with Crippen LogP contribution in [-0.2, 0) is 17.6 Å². The van der Waals surface area contributed by atoms with Crippen LogP contribution in [0, 0.1) is 13.8 Å². The van der Waals surface area contributed by atoms with E-state index in [2.05, 4.69) is 5.32 Å². The van der Waals surface area contributed by atoms with E-state index >= 15 is 0 Å². The van der Waals surface area contributed by atoms with Gasteiger partial charge in [0.25, 0.3) is 0 Å². The Morgan fingerprint density at radius 2 is 1.81 bits per heavy atom. The summed E-state index contributed by atoms with van der Waals surface area (Å²) in [5.74, 6) is 0.920. The normalized spacial score (nSPS) is 11.4. The lowest BCUT2D eigenvalue weighted by Gasteiger charge is -2.12. The van der Waals surface area contributed by atoms with E-state index in [1.807, 2.05) is 80.7 Å². The molecule has 6 nitrogen and oxygen atoms in total. The van der Waals surface area contributed by atoms with E-state index in [1.165, 1.54) is 5.56 Å². The molecule has 6 heteroatoms. The molecule has 0 aliphatic heterocycles.